The van der Waals surface area contributed by atoms with Gasteiger partial charge in [-0.05, 0) is 31.0 Å². The lowest BCUT2D eigenvalue weighted by molar-refractivity contribution is -0.126. The van der Waals surface area contributed by atoms with Crippen LogP contribution in [-0.4, -0.2) is 66.1 Å². The first kappa shape index (κ1) is 23.8. The Morgan fingerprint density at radius 1 is 1.25 bits per heavy atom. The van der Waals surface area contributed by atoms with E-state index in [1.807, 2.05) is 0 Å². The first-order valence-corrected chi connectivity index (χ1v) is 11.6. The van der Waals surface area contributed by atoms with Crippen LogP contribution in [0.2, 0.25) is 0 Å². The van der Waals surface area contributed by atoms with Crippen LogP contribution < -0.4 is 19.5 Å². The summed E-state index contributed by atoms with van der Waals surface area (Å²) in [4.78, 5) is 30.6. The number of alkyl halides is 2. The number of pyridine rings is 1. The summed E-state index contributed by atoms with van der Waals surface area (Å²) < 4.78 is 44.2. The summed E-state index contributed by atoms with van der Waals surface area (Å²) in [5, 5.41) is 2.79. The molecule has 1 atom stereocenters. The average molecular weight is 501 g/mol. The lowest BCUT2D eigenvalue weighted by atomic mass is 10.1. The van der Waals surface area contributed by atoms with Gasteiger partial charge in [-0.2, -0.15) is 8.78 Å². The van der Waals surface area contributed by atoms with Gasteiger partial charge in [0.25, 0.3) is 5.91 Å². The fourth-order valence-corrected chi connectivity index (χ4v) is 4.34. The number of carbonyl (C=O) groups excluding carboxylic acids is 2. The molecule has 2 aliphatic rings. The molecular formula is C25H26F2N4O5. The zero-order valence-corrected chi connectivity index (χ0v) is 19.9. The standard InChI is InChI=1S/C25H26F2N4O5/c1-30-12-14(7-22(30)32)13-35-17-5-6-31-18(11-28-21(31)10-17)15-8-19(34-2)23(20(9-15)36-25(26)27)24(33)29-16-3-4-16/h5-6,8-11,14,16,25H,3-4,7,12-13H2,1-2H3,(H,29,33). The Morgan fingerprint density at radius 2 is 2.03 bits per heavy atom. The van der Waals surface area contributed by atoms with E-state index in [4.69, 9.17) is 14.2 Å². The molecular weight excluding hydrogens is 474 g/mol. The van der Waals surface area contributed by atoms with Crippen LogP contribution in [0.15, 0.2) is 36.7 Å². The molecule has 11 heteroatoms. The van der Waals surface area contributed by atoms with E-state index in [9.17, 15) is 18.4 Å². The van der Waals surface area contributed by atoms with Crippen LogP contribution in [0, 0.1) is 5.92 Å². The normalized spacial score (nSPS) is 17.6. The molecule has 1 N–H and O–H groups in total. The van der Waals surface area contributed by atoms with Gasteiger partial charge in [0.15, 0.2) is 0 Å². The second kappa shape index (κ2) is 9.63. The van der Waals surface area contributed by atoms with Gasteiger partial charge in [0.1, 0.15) is 28.5 Å². The minimum Gasteiger partial charge on any atom is -0.496 e. The molecule has 5 rings (SSSR count). The van der Waals surface area contributed by atoms with Crippen molar-refractivity contribution in [2.45, 2.75) is 31.9 Å². The van der Waals surface area contributed by atoms with Gasteiger partial charge in [-0.15, -0.1) is 0 Å². The molecule has 1 saturated heterocycles. The summed E-state index contributed by atoms with van der Waals surface area (Å²) >= 11 is 0. The number of methoxy groups -OCH3 is 1. The number of likely N-dealkylation sites (tertiary alicyclic amines) is 1. The van der Waals surface area contributed by atoms with E-state index < -0.39 is 12.5 Å². The van der Waals surface area contributed by atoms with Gasteiger partial charge in [0, 0.05) is 49.8 Å². The van der Waals surface area contributed by atoms with E-state index in [1.165, 1.54) is 13.2 Å². The van der Waals surface area contributed by atoms with Crippen molar-refractivity contribution < 1.29 is 32.6 Å². The van der Waals surface area contributed by atoms with Crippen molar-refractivity contribution in [2.24, 2.45) is 5.92 Å². The van der Waals surface area contributed by atoms with Gasteiger partial charge in [0.05, 0.1) is 25.6 Å². The van der Waals surface area contributed by atoms with E-state index >= 15 is 0 Å². The topological polar surface area (TPSA) is 94.4 Å². The van der Waals surface area contributed by atoms with E-state index in [0.29, 0.717) is 42.2 Å². The maximum Gasteiger partial charge on any atom is 0.387 e. The molecule has 2 fully saturated rings. The van der Waals surface area contributed by atoms with Crippen LogP contribution in [-0.2, 0) is 4.79 Å². The summed E-state index contributed by atoms with van der Waals surface area (Å²) in [6.45, 7) is -2.04. The lowest BCUT2D eigenvalue weighted by Crippen LogP contribution is -2.26. The number of aromatic nitrogens is 2. The maximum absolute atomic E-state index is 13.2. The molecule has 1 aliphatic carbocycles. The highest BCUT2D eigenvalue weighted by Crippen LogP contribution is 2.37. The van der Waals surface area contributed by atoms with Crippen LogP contribution in [0.5, 0.6) is 17.2 Å². The number of ether oxygens (including phenoxy) is 3. The molecule has 1 unspecified atom stereocenters. The Labute approximate surface area is 205 Å². The molecule has 3 aromatic rings. The third-order valence-corrected chi connectivity index (χ3v) is 6.33. The molecule has 1 aliphatic heterocycles. The Balaban J connectivity index is 1.43. The zero-order chi connectivity index (χ0) is 25.4. The molecule has 0 radical (unpaired) electrons. The van der Waals surface area contributed by atoms with Gasteiger partial charge >= 0.3 is 6.61 Å². The monoisotopic (exact) mass is 500 g/mol. The molecule has 0 bridgehead atoms. The molecule has 2 amide bonds. The fraction of sp³-hybridized carbons (Fsp3) is 0.400. The number of hydrogen-bond acceptors (Lipinski definition) is 6. The second-order valence-electron chi connectivity index (χ2n) is 9.07. The third kappa shape index (κ3) is 4.91. The van der Waals surface area contributed by atoms with Crippen LogP contribution in [0.25, 0.3) is 16.9 Å². The van der Waals surface area contributed by atoms with Crippen LogP contribution >= 0.6 is 0 Å². The summed E-state index contributed by atoms with van der Waals surface area (Å²) in [6, 6.07) is 6.55. The third-order valence-electron chi connectivity index (χ3n) is 6.33. The first-order valence-electron chi connectivity index (χ1n) is 11.6. The van der Waals surface area contributed by atoms with Gasteiger partial charge in [-0.3, -0.25) is 14.0 Å². The van der Waals surface area contributed by atoms with Crippen LogP contribution in [0.4, 0.5) is 8.78 Å². The molecule has 3 heterocycles. The van der Waals surface area contributed by atoms with Gasteiger partial charge in [0.2, 0.25) is 5.91 Å². The highest BCUT2D eigenvalue weighted by Gasteiger charge is 2.29. The Bertz CT molecular complexity index is 1310. The van der Waals surface area contributed by atoms with Crippen molar-refractivity contribution in [2.75, 3.05) is 27.3 Å². The Morgan fingerprint density at radius 3 is 2.69 bits per heavy atom. The number of carbonyl (C=O) groups is 2. The molecule has 36 heavy (non-hydrogen) atoms. The average Bonchev–Trinajstić information content (AvgIpc) is 3.46. The minimum absolute atomic E-state index is 0.0338. The lowest BCUT2D eigenvalue weighted by Gasteiger charge is -2.16. The molecule has 9 nitrogen and oxygen atoms in total. The fourth-order valence-electron chi connectivity index (χ4n) is 4.34. The number of nitrogens with zero attached hydrogens (tertiary/aromatic N) is 3. The van der Waals surface area contributed by atoms with E-state index in [0.717, 1.165) is 12.8 Å². The first-order chi connectivity index (χ1) is 17.3. The summed E-state index contributed by atoms with van der Waals surface area (Å²) in [6.07, 6.45) is 5.51. The number of imidazole rings is 1. The summed E-state index contributed by atoms with van der Waals surface area (Å²) in [7, 11) is 3.15. The minimum atomic E-state index is -3.12. The van der Waals surface area contributed by atoms with E-state index in [-0.39, 0.29) is 34.9 Å². The van der Waals surface area contributed by atoms with Crippen molar-refractivity contribution in [3.05, 3.63) is 42.2 Å². The summed E-state index contributed by atoms with van der Waals surface area (Å²) in [5.74, 6) is 0.166. The zero-order valence-electron chi connectivity index (χ0n) is 19.9. The van der Waals surface area contributed by atoms with Gasteiger partial charge < -0.3 is 24.4 Å². The highest BCUT2D eigenvalue weighted by molar-refractivity contribution is 6.01. The maximum atomic E-state index is 13.2. The highest BCUT2D eigenvalue weighted by atomic mass is 19.3. The van der Waals surface area contributed by atoms with Crippen molar-refractivity contribution in [3.63, 3.8) is 0 Å². The molecule has 1 aromatic carbocycles. The second-order valence-corrected chi connectivity index (χ2v) is 9.07. The smallest absolute Gasteiger partial charge is 0.387 e. The predicted octanol–water partition coefficient (Wildman–Crippen LogP) is 3.36. The van der Waals surface area contributed by atoms with Gasteiger partial charge in [-0.1, -0.05) is 0 Å². The van der Waals surface area contributed by atoms with Crippen LogP contribution in [0.1, 0.15) is 29.6 Å². The van der Waals surface area contributed by atoms with Crippen LogP contribution in [0.3, 0.4) is 0 Å². The van der Waals surface area contributed by atoms with Crippen molar-refractivity contribution in [1.29, 1.82) is 0 Å². The van der Waals surface area contributed by atoms with E-state index in [1.54, 1.807) is 46.9 Å². The quantitative estimate of drug-likeness (QED) is 0.484. The number of amides is 2. The van der Waals surface area contributed by atoms with E-state index in [2.05, 4.69) is 10.3 Å². The molecule has 190 valence electrons. The number of rotatable bonds is 9. The number of benzene rings is 1. The Kier molecular flexibility index (Phi) is 6.38. The largest absolute Gasteiger partial charge is 0.496 e. The SMILES string of the molecule is COc1cc(-c2cnc3cc(OCC4CC(=O)N(C)C4)ccn23)cc(OC(F)F)c1C(=O)NC1CC1. The summed E-state index contributed by atoms with van der Waals surface area (Å²) in [5.41, 5.74) is 1.58. The van der Waals surface area contributed by atoms with Crippen molar-refractivity contribution in [1.82, 2.24) is 19.6 Å². The predicted molar refractivity (Wildman–Crippen MR) is 126 cm³/mol. The number of nitrogens with one attached hydrogen (secondary N) is 1. The number of fused-ring (bicyclic) bond motifs is 1. The van der Waals surface area contributed by atoms with Gasteiger partial charge in [-0.25, -0.2) is 4.98 Å². The molecule has 2 aromatic heterocycles. The molecule has 0 spiro atoms. The Hall–Kier alpha value is -3.89. The van der Waals surface area contributed by atoms with Crippen molar-refractivity contribution >= 4 is 17.5 Å². The number of hydrogen-bond donors (Lipinski definition) is 1. The van der Waals surface area contributed by atoms with Crippen molar-refractivity contribution in [3.8, 4) is 28.5 Å². The molecule has 1 saturated carbocycles. The number of halogens is 2.